The summed E-state index contributed by atoms with van der Waals surface area (Å²) in [6.45, 7) is 2.88. The molecule has 3 N–H and O–H groups in total. The van der Waals surface area contributed by atoms with Crippen molar-refractivity contribution in [3.63, 3.8) is 0 Å². The Morgan fingerprint density at radius 1 is 1.47 bits per heavy atom. The number of likely N-dealkylation sites (N-methyl/N-ethyl adjacent to an activating group) is 1. The molecule has 0 aromatic heterocycles. The predicted molar refractivity (Wildman–Crippen MR) is 62.5 cm³/mol. The zero-order chi connectivity index (χ0) is 11.4. The minimum Gasteiger partial charge on any atom is -0.397 e. The van der Waals surface area contributed by atoms with Crippen molar-refractivity contribution in [3.05, 3.63) is 24.0 Å². The maximum absolute atomic E-state index is 12.8. The Balaban J connectivity index is 2.58. The lowest BCUT2D eigenvalue weighted by Crippen LogP contribution is -2.31. The molecule has 0 aliphatic rings. The highest BCUT2D eigenvalue weighted by atomic mass is 19.1. The van der Waals surface area contributed by atoms with E-state index in [9.17, 15) is 4.39 Å². The molecule has 0 fully saturated rings. The molecule has 0 heterocycles. The van der Waals surface area contributed by atoms with Gasteiger partial charge in [-0.15, -0.1) is 0 Å². The van der Waals surface area contributed by atoms with Crippen LogP contribution in [0.15, 0.2) is 18.2 Å². The first-order valence-corrected chi connectivity index (χ1v) is 4.96. The molecule has 0 radical (unpaired) electrons. The van der Waals surface area contributed by atoms with Crippen molar-refractivity contribution in [1.82, 2.24) is 4.90 Å². The van der Waals surface area contributed by atoms with E-state index >= 15 is 0 Å². The van der Waals surface area contributed by atoms with Crippen molar-refractivity contribution >= 4 is 11.4 Å². The number of nitrogen functional groups attached to an aromatic ring is 1. The van der Waals surface area contributed by atoms with Gasteiger partial charge in [0.25, 0.3) is 0 Å². The zero-order valence-corrected chi connectivity index (χ0v) is 9.42. The van der Waals surface area contributed by atoms with Crippen molar-refractivity contribution in [1.29, 1.82) is 0 Å². The molecule has 1 aromatic rings. The van der Waals surface area contributed by atoms with Gasteiger partial charge in [0, 0.05) is 12.6 Å². The third-order valence-electron chi connectivity index (χ3n) is 2.48. The standard InChI is InChI=1S/C11H18FN3/c1-8(15(2)3)7-14-11-5-4-9(12)6-10(11)13/h4-6,8,14H,7,13H2,1-3H3. The first kappa shape index (κ1) is 11.8. The van der Waals surface area contributed by atoms with E-state index in [1.807, 2.05) is 14.1 Å². The highest BCUT2D eigenvalue weighted by molar-refractivity contribution is 5.65. The van der Waals surface area contributed by atoms with Gasteiger partial charge in [-0.3, -0.25) is 0 Å². The number of rotatable bonds is 4. The Morgan fingerprint density at radius 3 is 2.67 bits per heavy atom. The number of nitrogens with one attached hydrogen (secondary N) is 1. The lowest BCUT2D eigenvalue weighted by atomic mass is 10.2. The summed E-state index contributed by atoms with van der Waals surface area (Å²) in [7, 11) is 4.03. The first-order chi connectivity index (χ1) is 7.00. The maximum Gasteiger partial charge on any atom is 0.125 e. The minimum atomic E-state index is -0.307. The summed E-state index contributed by atoms with van der Waals surface area (Å²) < 4.78 is 12.8. The molecule has 84 valence electrons. The SMILES string of the molecule is CC(CNc1ccc(F)cc1N)N(C)C. The molecule has 1 aromatic carbocycles. The van der Waals surface area contributed by atoms with Crippen LogP contribution >= 0.6 is 0 Å². The van der Waals surface area contributed by atoms with Crippen molar-refractivity contribution in [3.8, 4) is 0 Å². The van der Waals surface area contributed by atoms with Gasteiger partial charge in [0.1, 0.15) is 5.82 Å². The largest absolute Gasteiger partial charge is 0.397 e. The van der Waals surface area contributed by atoms with Gasteiger partial charge in [0.05, 0.1) is 11.4 Å². The van der Waals surface area contributed by atoms with Crippen molar-refractivity contribution in [2.75, 3.05) is 31.7 Å². The van der Waals surface area contributed by atoms with E-state index in [2.05, 4.69) is 17.1 Å². The average Bonchev–Trinajstić information content (AvgIpc) is 2.15. The third-order valence-corrected chi connectivity index (χ3v) is 2.48. The molecular weight excluding hydrogens is 193 g/mol. The highest BCUT2D eigenvalue weighted by Gasteiger charge is 2.05. The van der Waals surface area contributed by atoms with Crippen LogP contribution < -0.4 is 11.1 Å². The van der Waals surface area contributed by atoms with E-state index in [4.69, 9.17) is 5.73 Å². The first-order valence-electron chi connectivity index (χ1n) is 4.96. The van der Waals surface area contributed by atoms with Crippen molar-refractivity contribution in [2.45, 2.75) is 13.0 Å². The molecule has 3 nitrogen and oxygen atoms in total. The second-order valence-electron chi connectivity index (χ2n) is 3.93. The molecular formula is C11H18FN3. The average molecular weight is 211 g/mol. The molecule has 0 aliphatic carbocycles. The van der Waals surface area contributed by atoms with Gasteiger partial charge in [-0.2, -0.15) is 0 Å². The topological polar surface area (TPSA) is 41.3 Å². The van der Waals surface area contributed by atoms with E-state index < -0.39 is 0 Å². The highest BCUT2D eigenvalue weighted by Crippen LogP contribution is 2.18. The molecule has 0 saturated carbocycles. The second kappa shape index (κ2) is 4.98. The van der Waals surface area contributed by atoms with E-state index in [1.165, 1.54) is 12.1 Å². The van der Waals surface area contributed by atoms with Crippen LogP contribution in [0.25, 0.3) is 0 Å². The number of halogens is 1. The van der Waals surface area contributed by atoms with Gasteiger partial charge in [0.2, 0.25) is 0 Å². The van der Waals surface area contributed by atoms with Crippen LogP contribution in [0.4, 0.5) is 15.8 Å². The Labute approximate surface area is 90.1 Å². The van der Waals surface area contributed by atoms with Crippen LogP contribution in [-0.2, 0) is 0 Å². The normalized spacial score (nSPS) is 12.9. The monoisotopic (exact) mass is 211 g/mol. The summed E-state index contributed by atoms with van der Waals surface area (Å²) >= 11 is 0. The van der Waals surface area contributed by atoms with Crippen LogP contribution in [0, 0.1) is 5.82 Å². The number of anilines is 2. The molecule has 1 unspecified atom stereocenters. The van der Waals surface area contributed by atoms with E-state index in [-0.39, 0.29) is 5.82 Å². The molecule has 0 bridgehead atoms. The molecule has 0 amide bonds. The number of nitrogens with two attached hydrogens (primary N) is 1. The number of hydrogen-bond acceptors (Lipinski definition) is 3. The number of benzene rings is 1. The van der Waals surface area contributed by atoms with E-state index in [0.29, 0.717) is 11.7 Å². The Hall–Kier alpha value is -1.29. The lowest BCUT2D eigenvalue weighted by Gasteiger charge is -2.21. The maximum atomic E-state index is 12.8. The Kier molecular flexibility index (Phi) is 3.91. The zero-order valence-electron chi connectivity index (χ0n) is 9.42. The molecule has 1 atom stereocenters. The molecule has 0 aliphatic heterocycles. The third kappa shape index (κ3) is 3.40. The molecule has 15 heavy (non-hydrogen) atoms. The smallest absolute Gasteiger partial charge is 0.125 e. The summed E-state index contributed by atoms with van der Waals surface area (Å²) in [5.41, 5.74) is 6.90. The summed E-state index contributed by atoms with van der Waals surface area (Å²) in [6, 6.07) is 4.78. The van der Waals surface area contributed by atoms with Crippen LogP contribution in [-0.4, -0.2) is 31.6 Å². The predicted octanol–water partition coefficient (Wildman–Crippen LogP) is 1.77. The lowest BCUT2D eigenvalue weighted by molar-refractivity contribution is 0.326. The molecule has 4 heteroatoms. The van der Waals surface area contributed by atoms with Crippen LogP contribution in [0.1, 0.15) is 6.92 Å². The minimum absolute atomic E-state index is 0.307. The fraction of sp³-hybridized carbons (Fsp3) is 0.455. The van der Waals surface area contributed by atoms with Gasteiger partial charge in [0.15, 0.2) is 0 Å². The van der Waals surface area contributed by atoms with Crippen molar-refractivity contribution < 1.29 is 4.39 Å². The molecule has 0 saturated heterocycles. The van der Waals surface area contributed by atoms with Gasteiger partial charge in [-0.05, 0) is 39.2 Å². The van der Waals surface area contributed by atoms with Crippen LogP contribution in [0.5, 0.6) is 0 Å². The van der Waals surface area contributed by atoms with E-state index in [0.717, 1.165) is 12.2 Å². The molecule has 1 rings (SSSR count). The Bertz CT molecular complexity index is 326. The quantitative estimate of drug-likeness (QED) is 0.746. The molecule has 0 spiro atoms. The second-order valence-corrected chi connectivity index (χ2v) is 3.93. The summed E-state index contributed by atoms with van der Waals surface area (Å²) in [5.74, 6) is -0.307. The summed E-state index contributed by atoms with van der Waals surface area (Å²) in [6.07, 6.45) is 0. The fourth-order valence-corrected chi connectivity index (χ4v) is 1.13. The van der Waals surface area contributed by atoms with Crippen LogP contribution in [0.2, 0.25) is 0 Å². The number of nitrogens with zero attached hydrogens (tertiary/aromatic N) is 1. The van der Waals surface area contributed by atoms with Gasteiger partial charge >= 0.3 is 0 Å². The summed E-state index contributed by atoms with van der Waals surface area (Å²) in [5, 5.41) is 3.19. The van der Waals surface area contributed by atoms with Gasteiger partial charge in [-0.1, -0.05) is 0 Å². The summed E-state index contributed by atoms with van der Waals surface area (Å²) in [4.78, 5) is 2.10. The van der Waals surface area contributed by atoms with Crippen molar-refractivity contribution in [2.24, 2.45) is 0 Å². The van der Waals surface area contributed by atoms with Gasteiger partial charge < -0.3 is 16.0 Å². The van der Waals surface area contributed by atoms with Crippen LogP contribution in [0.3, 0.4) is 0 Å². The number of hydrogen-bond donors (Lipinski definition) is 2. The fourth-order valence-electron chi connectivity index (χ4n) is 1.13. The van der Waals surface area contributed by atoms with Gasteiger partial charge in [-0.25, -0.2) is 4.39 Å². The van der Waals surface area contributed by atoms with E-state index in [1.54, 1.807) is 6.07 Å². The Morgan fingerprint density at radius 2 is 2.13 bits per heavy atom.